The number of nitrogens with two attached hydrogens (primary N) is 1. The van der Waals surface area contributed by atoms with E-state index in [2.05, 4.69) is 12.1 Å². The quantitative estimate of drug-likeness (QED) is 0.791. The lowest BCUT2D eigenvalue weighted by molar-refractivity contribution is 0.502. The Hall–Kier alpha value is -1.33. The molecule has 2 aliphatic carbocycles. The Morgan fingerprint density at radius 1 is 1.13 bits per heavy atom. The molecule has 0 bridgehead atoms. The Kier molecular flexibility index (Phi) is 1.56. The van der Waals surface area contributed by atoms with Crippen LogP contribution in [0.4, 0.5) is 0 Å². The first-order valence-electron chi connectivity index (χ1n) is 5.50. The highest BCUT2D eigenvalue weighted by Gasteiger charge is 2.64. The van der Waals surface area contributed by atoms with Crippen LogP contribution in [0, 0.1) is 11.3 Å². The van der Waals surface area contributed by atoms with Crippen LogP contribution in [0.3, 0.4) is 0 Å². The summed E-state index contributed by atoms with van der Waals surface area (Å²) in [6, 6.07) is 10.2. The van der Waals surface area contributed by atoms with Crippen LogP contribution in [-0.4, -0.2) is 5.54 Å². The fourth-order valence-electron chi connectivity index (χ4n) is 2.77. The molecule has 0 aromatic heterocycles. The molecule has 0 amide bonds. The number of nitriles is 1. The summed E-state index contributed by atoms with van der Waals surface area (Å²) in [7, 11) is 0. The van der Waals surface area contributed by atoms with Crippen LogP contribution in [0.1, 0.15) is 36.8 Å². The van der Waals surface area contributed by atoms with Gasteiger partial charge >= 0.3 is 0 Å². The highest BCUT2D eigenvalue weighted by atomic mass is 14.9. The fourth-order valence-corrected chi connectivity index (χ4v) is 2.77. The third kappa shape index (κ3) is 1.07. The van der Waals surface area contributed by atoms with E-state index in [-0.39, 0.29) is 11.0 Å². The molecule has 2 aliphatic rings. The number of rotatable bonds is 2. The van der Waals surface area contributed by atoms with Crippen molar-refractivity contribution in [2.45, 2.75) is 36.6 Å². The largest absolute Gasteiger partial charge is 0.324 e. The minimum absolute atomic E-state index is 0.0000463. The van der Waals surface area contributed by atoms with Crippen molar-refractivity contribution in [2.24, 2.45) is 5.73 Å². The lowest BCUT2D eigenvalue weighted by Gasteiger charge is -2.24. The molecule has 2 nitrogen and oxygen atoms in total. The number of nitrogens with zero attached hydrogens (tertiary/aromatic N) is 1. The first-order valence-corrected chi connectivity index (χ1v) is 5.50. The summed E-state index contributed by atoms with van der Waals surface area (Å²) in [6.45, 7) is 0. The Morgan fingerprint density at radius 3 is 2.33 bits per heavy atom. The lowest BCUT2D eigenvalue weighted by atomic mass is 9.83. The molecule has 1 aromatic rings. The molecule has 0 saturated heterocycles. The van der Waals surface area contributed by atoms with Gasteiger partial charge in [-0.25, -0.2) is 0 Å². The van der Waals surface area contributed by atoms with Crippen molar-refractivity contribution in [3.8, 4) is 6.07 Å². The minimum Gasteiger partial charge on any atom is -0.324 e. The molecule has 0 heterocycles. The number of hydrogen-bond donors (Lipinski definition) is 1. The first-order chi connectivity index (χ1) is 7.22. The number of benzene rings is 1. The van der Waals surface area contributed by atoms with Gasteiger partial charge in [0.2, 0.25) is 0 Å². The van der Waals surface area contributed by atoms with Crippen LogP contribution < -0.4 is 5.73 Å². The van der Waals surface area contributed by atoms with Gasteiger partial charge in [0.1, 0.15) is 0 Å². The predicted octanol–water partition coefficient (Wildman–Crippen LogP) is 2.08. The molecule has 2 N–H and O–H groups in total. The van der Waals surface area contributed by atoms with Gasteiger partial charge in [-0.1, -0.05) is 18.2 Å². The van der Waals surface area contributed by atoms with Gasteiger partial charge in [0.05, 0.1) is 11.6 Å². The van der Waals surface area contributed by atoms with Gasteiger partial charge in [-0.3, -0.25) is 0 Å². The SMILES string of the molecule is N#Cc1ccccc1C1(C2(N)CC2)CC1. The molecule has 2 fully saturated rings. The average molecular weight is 198 g/mol. The second-order valence-corrected chi connectivity index (χ2v) is 4.90. The van der Waals surface area contributed by atoms with Gasteiger partial charge in [0.15, 0.2) is 0 Å². The van der Waals surface area contributed by atoms with Crippen molar-refractivity contribution >= 4 is 0 Å². The molecule has 0 unspecified atom stereocenters. The van der Waals surface area contributed by atoms with Crippen molar-refractivity contribution in [1.82, 2.24) is 0 Å². The summed E-state index contributed by atoms with van der Waals surface area (Å²) < 4.78 is 0. The van der Waals surface area contributed by atoms with E-state index in [0.29, 0.717) is 0 Å². The monoisotopic (exact) mass is 198 g/mol. The van der Waals surface area contributed by atoms with Crippen molar-refractivity contribution in [3.05, 3.63) is 35.4 Å². The number of hydrogen-bond acceptors (Lipinski definition) is 2. The summed E-state index contributed by atoms with van der Waals surface area (Å²) in [5, 5.41) is 9.10. The molecule has 0 spiro atoms. The Morgan fingerprint density at radius 2 is 1.80 bits per heavy atom. The van der Waals surface area contributed by atoms with Crippen LogP contribution in [0.5, 0.6) is 0 Å². The topological polar surface area (TPSA) is 49.8 Å². The molecule has 15 heavy (non-hydrogen) atoms. The summed E-state index contributed by atoms with van der Waals surface area (Å²) in [6.07, 6.45) is 4.55. The third-order valence-corrected chi connectivity index (χ3v) is 4.05. The van der Waals surface area contributed by atoms with Crippen LogP contribution in [-0.2, 0) is 5.41 Å². The summed E-state index contributed by atoms with van der Waals surface area (Å²) >= 11 is 0. The maximum absolute atomic E-state index is 9.10. The van der Waals surface area contributed by atoms with Crippen LogP contribution in [0.2, 0.25) is 0 Å². The van der Waals surface area contributed by atoms with Gasteiger partial charge in [-0.05, 0) is 37.3 Å². The maximum Gasteiger partial charge on any atom is 0.0994 e. The highest BCUT2D eigenvalue weighted by Crippen LogP contribution is 2.64. The van der Waals surface area contributed by atoms with Crippen molar-refractivity contribution < 1.29 is 0 Å². The van der Waals surface area contributed by atoms with Crippen LogP contribution in [0.25, 0.3) is 0 Å². The van der Waals surface area contributed by atoms with Gasteiger partial charge in [0, 0.05) is 11.0 Å². The minimum atomic E-state index is -0.0000463. The molecule has 3 rings (SSSR count). The highest BCUT2D eigenvalue weighted by molar-refractivity contribution is 5.49. The molecule has 1 aromatic carbocycles. The summed E-state index contributed by atoms with van der Waals surface area (Å²) in [5.41, 5.74) is 8.47. The zero-order chi connectivity index (χ0) is 10.5. The molecule has 0 atom stereocenters. The third-order valence-electron chi connectivity index (χ3n) is 4.05. The smallest absolute Gasteiger partial charge is 0.0994 e. The summed E-state index contributed by atoms with van der Waals surface area (Å²) in [5.74, 6) is 0. The van der Waals surface area contributed by atoms with E-state index in [9.17, 15) is 0 Å². The fraction of sp³-hybridized carbons (Fsp3) is 0.462. The van der Waals surface area contributed by atoms with E-state index in [1.165, 1.54) is 5.56 Å². The predicted molar refractivity (Wildman–Crippen MR) is 58.2 cm³/mol. The standard InChI is InChI=1S/C13H14N2/c14-9-10-3-1-2-4-11(10)12(5-6-12)13(15)7-8-13/h1-4H,5-8,15H2. The molecule has 0 radical (unpaired) electrons. The van der Waals surface area contributed by atoms with Crippen molar-refractivity contribution in [3.63, 3.8) is 0 Å². The maximum atomic E-state index is 9.10. The zero-order valence-corrected chi connectivity index (χ0v) is 8.66. The lowest BCUT2D eigenvalue weighted by Crippen LogP contribution is -2.37. The van der Waals surface area contributed by atoms with E-state index in [1.54, 1.807) is 0 Å². The molecule has 76 valence electrons. The Balaban J connectivity index is 2.10. The Labute approximate surface area is 89.7 Å². The van der Waals surface area contributed by atoms with Gasteiger partial charge < -0.3 is 5.73 Å². The van der Waals surface area contributed by atoms with Crippen LogP contribution >= 0.6 is 0 Å². The normalized spacial score (nSPS) is 24.3. The van der Waals surface area contributed by atoms with Crippen LogP contribution in [0.15, 0.2) is 24.3 Å². The van der Waals surface area contributed by atoms with E-state index in [4.69, 9.17) is 11.0 Å². The average Bonchev–Trinajstić information content (AvgIpc) is 3.13. The van der Waals surface area contributed by atoms with E-state index < -0.39 is 0 Å². The summed E-state index contributed by atoms with van der Waals surface area (Å²) in [4.78, 5) is 0. The van der Waals surface area contributed by atoms with Gasteiger partial charge in [-0.15, -0.1) is 0 Å². The second-order valence-electron chi connectivity index (χ2n) is 4.90. The molecule has 0 aliphatic heterocycles. The molecular formula is C13H14N2. The Bertz CT molecular complexity index is 448. The van der Waals surface area contributed by atoms with Crippen molar-refractivity contribution in [1.29, 1.82) is 5.26 Å². The molecule has 2 heteroatoms. The van der Waals surface area contributed by atoms with Gasteiger partial charge in [-0.2, -0.15) is 5.26 Å². The zero-order valence-electron chi connectivity index (χ0n) is 8.66. The van der Waals surface area contributed by atoms with E-state index in [0.717, 1.165) is 31.2 Å². The second kappa shape index (κ2) is 2.62. The van der Waals surface area contributed by atoms with Crippen molar-refractivity contribution in [2.75, 3.05) is 0 Å². The van der Waals surface area contributed by atoms with E-state index in [1.807, 2.05) is 18.2 Å². The van der Waals surface area contributed by atoms with Gasteiger partial charge in [0.25, 0.3) is 0 Å². The molecular weight excluding hydrogens is 184 g/mol. The first kappa shape index (κ1) is 8.94. The van der Waals surface area contributed by atoms with E-state index >= 15 is 0 Å². The molecule has 2 saturated carbocycles.